The van der Waals surface area contributed by atoms with E-state index in [-0.39, 0.29) is 6.04 Å². The molecule has 0 radical (unpaired) electrons. The van der Waals surface area contributed by atoms with Crippen LogP contribution >= 0.6 is 0 Å². The quantitative estimate of drug-likeness (QED) is 0.730. The van der Waals surface area contributed by atoms with Crippen LogP contribution < -0.4 is 5.32 Å². The van der Waals surface area contributed by atoms with E-state index in [1.165, 1.54) is 0 Å². The van der Waals surface area contributed by atoms with Crippen molar-refractivity contribution in [2.45, 2.75) is 64.9 Å². The van der Waals surface area contributed by atoms with Crippen molar-refractivity contribution < 1.29 is 8.42 Å². The Morgan fingerprint density at radius 1 is 1.24 bits per heavy atom. The highest BCUT2D eigenvalue weighted by atomic mass is 32.2. The van der Waals surface area contributed by atoms with E-state index in [9.17, 15) is 8.42 Å². The molecule has 0 atom stereocenters. The topological polar surface area (TPSA) is 78.1 Å². The van der Waals surface area contributed by atoms with Crippen LogP contribution in [0, 0.1) is 6.92 Å². The summed E-state index contributed by atoms with van der Waals surface area (Å²) in [6.07, 6.45) is 1.60. The zero-order chi connectivity index (χ0) is 16.0. The standard InChI is InChI=1S/C14H28N4O2S/c1-6-8-18(9-7-2)21(19,20)14-12(5)16-17-13(14)10-15-11(3)4/h11,15H,6-10H2,1-5H3,(H,16,17). The number of aryl methyl sites for hydroxylation is 1. The lowest BCUT2D eigenvalue weighted by molar-refractivity contribution is 0.408. The van der Waals surface area contributed by atoms with E-state index >= 15 is 0 Å². The minimum Gasteiger partial charge on any atom is -0.309 e. The van der Waals surface area contributed by atoms with Crippen LogP contribution in [0.3, 0.4) is 0 Å². The minimum atomic E-state index is -3.49. The Labute approximate surface area is 128 Å². The van der Waals surface area contributed by atoms with E-state index in [1.54, 1.807) is 11.2 Å². The van der Waals surface area contributed by atoms with E-state index in [0.717, 1.165) is 12.8 Å². The van der Waals surface area contributed by atoms with Gasteiger partial charge in [-0.2, -0.15) is 9.40 Å². The van der Waals surface area contributed by atoms with Gasteiger partial charge in [0.05, 0.1) is 11.4 Å². The summed E-state index contributed by atoms with van der Waals surface area (Å²) in [5, 5.41) is 10.2. The maximum atomic E-state index is 12.9. The summed E-state index contributed by atoms with van der Waals surface area (Å²) in [7, 11) is -3.49. The van der Waals surface area contributed by atoms with Crippen molar-refractivity contribution in [1.29, 1.82) is 0 Å². The van der Waals surface area contributed by atoms with Crippen molar-refractivity contribution in [3.63, 3.8) is 0 Å². The molecule has 0 saturated carbocycles. The van der Waals surface area contributed by atoms with Gasteiger partial charge in [0.1, 0.15) is 4.90 Å². The summed E-state index contributed by atoms with van der Waals surface area (Å²) in [6.45, 7) is 11.3. The lowest BCUT2D eigenvalue weighted by Crippen LogP contribution is -2.34. The highest BCUT2D eigenvalue weighted by molar-refractivity contribution is 7.89. The zero-order valence-electron chi connectivity index (χ0n) is 13.7. The summed E-state index contributed by atoms with van der Waals surface area (Å²) in [5.74, 6) is 0. The predicted molar refractivity (Wildman–Crippen MR) is 84.6 cm³/mol. The average Bonchev–Trinajstić information content (AvgIpc) is 2.78. The Balaban J connectivity index is 3.13. The molecule has 0 unspecified atom stereocenters. The number of nitrogens with one attached hydrogen (secondary N) is 2. The molecule has 2 N–H and O–H groups in total. The van der Waals surface area contributed by atoms with Gasteiger partial charge in [-0.15, -0.1) is 0 Å². The van der Waals surface area contributed by atoms with Crippen molar-refractivity contribution >= 4 is 10.0 Å². The number of H-pyrrole nitrogens is 1. The van der Waals surface area contributed by atoms with E-state index in [4.69, 9.17) is 0 Å². The fraction of sp³-hybridized carbons (Fsp3) is 0.786. The SMILES string of the molecule is CCCN(CCC)S(=O)(=O)c1c(CNC(C)C)n[nH]c1C. The van der Waals surface area contributed by atoms with Crippen LogP contribution in [-0.2, 0) is 16.6 Å². The van der Waals surface area contributed by atoms with E-state index in [1.807, 2.05) is 27.7 Å². The molecule has 0 bridgehead atoms. The molecule has 6 nitrogen and oxygen atoms in total. The monoisotopic (exact) mass is 316 g/mol. The van der Waals surface area contributed by atoms with Crippen molar-refractivity contribution in [3.05, 3.63) is 11.4 Å². The highest BCUT2D eigenvalue weighted by Crippen LogP contribution is 2.22. The molecule has 7 heteroatoms. The van der Waals surface area contributed by atoms with Gasteiger partial charge in [0.15, 0.2) is 0 Å². The van der Waals surface area contributed by atoms with Crippen LogP contribution in [0.15, 0.2) is 4.90 Å². The Hall–Kier alpha value is -0.920. The Bertz CT molecular complexity index is 531. The molecule has 1 heterocycles. The minimum absolute atomic E-state index is 0.278. The number of nitrogens with zero attached hydrogens (tertiary/aromatic N) is 2. The van der Waals surface area contributed by atoms with Gasteiger partial charge in [0, 0.05) is 25.7 Å². The molecule has 1 aromatic heterocycles. The molecular weight excluding hydrogens is 288 g/mol. The first-order valence-corrected chi connectivity index (χ1v) is 9.05. The maximum absolute atomic E-state index is 12.9. The van der Waals surface area contributed by atoms with Crippen LogP contribution in [0.4, 0.5) is 0 Å². The van der Waals surface area contributed by atoms with Crippen LogP contribution in [-0.4, -0.2) is 42.1 Å². The first-order chi connectivity index (χ1) is 9.84. The van der Waals surface area contributed by atoms with Gasteiger partial charge in [-0.25, -0.2) is 8.42 Å². The van der Waals surface area contributed by atoms with E-state index < -0.39 is 10.0 Å². The van der Waals surface area contributed by atoms with Gasteiger partial charge >= 0.3 is 0 Å². The third-order valence-corrected chi connectivity index (χ3v) is 5.29. The normalized spacial score (nSPS) is 12.5. The lowest BCUT2D eigenvalue weighted by Gasteiger charge is -2.21. The average molecular weight is 316 g/mol. The van der Waals surface area contributed by atoms with Gasteiger partial charge < -0.3 is 5.32 Å². The molecule has 0 aromatic carbocycles. The molecule has 1 aromatic rings. The smallest absolute Gasteiger partial charge is 0.246 e. The molecule has 0 aliphatic rings. The van der Waals surface area contributed by atoms with Gasteiger partial charge in [0.25, 0.3) is 0 Å². The molecular formula is C14H28N4O2S. The summed E-state index contributed by atoms with van der Waals surface area (Å²) in [6, 6.07) is 0.278. The third kappa shape index (κ3) is 4.52. The third-order valence-electron chi connectivity index (χ3n) is 3.18. The predicted octanol–water partition coefficient (Wildman–Crippen LogP) is 2.03. The number of sulfonamides is 1. The van der Waals surface area contributed by atoms with Crippen LogP contribution in [0.2, 0.25) is 0 Å². The van der Waals surface area contributed by atoms with Crippen molar-refractivity contribution in [3.8, 4) is 0 Å². The van der Waals surface area contributed by atoms with Crippen LogP contribution in [0.25, 0.3) is 0 Å². The molecule has 1 rings (SSSR count). The molecule has 0 aliphatic carbocycles. The summed E-state index contributed by atoms with van der Waals surface area (Å²) in [5.41, 5.74) is 1.17. The van der Waals surface area contributed by atoms with Gasteiger partial charge in [-0.05, 0) is 19.8 Å². The van der Waals surface area contributed by atoms with Crippen LogP contribution in [0.1, 0.15) is 51.9 Å². The number of aromatic amines is 1. The van der Waals surface area contributed by atoms with Gasteiger partial charge in [0.2, 0.25) is 10.0 Å². The second-order valence-corrected chi connectivity index (χ2v) is 7.44. The van der Waals surface area contributed by atoms with Gasteiger partial charge in [-0.3, -0.25) is 5.10 Å². The Morgan fingerprint density at radius 2 is 1.81 bits per heavy atom. The number of hydrogen-bond acceptors (Lipinski definition) is 4. The fourth-order valence-corrected chi connectivity index (χ4v) is 4.16. The highest BCUT2D eigenvalue weighted by Gasteiger charge is 2.29. The van der Waals surface area contributed by atoms with E-state index in [0.29, 0.717) is 35.9 Å². The summed E-state index contributed by atoms with van der Waals surface area (Å²) in [4.78, 5) is 0.331. The number of aromatic nitrogens is 2. The molecule has 122 valence electrons. The summed E-state index contributed by atoms with van der Waals surface area (Å²) >= 11 is 0. The Kier molecular flexibility index (Phi) is 6.83. The molecule has 21 heavy (non-hydrogen) atoms. The van der Waals surface area contributed by atoms with Crippen LogP contribution in [0.5, 0.6) is 0 Å². The van der Waals surface area contributed by atoms with Crippen molar-refractivity contribution in [2.75, 3.05) is 13.1 Å². The van der Waals surface area contributed by atoms with Crippen molar-refractivity contribution in [1.82, 2.24) is 19.8 Å². The zero-order valence-corrected chi connectivity index (χ0v) is 14.5. The molecule has 0 amide bonds. The first kappa shape index (κ1) is 18.1. The number of hydrogen-bond donors (Lipinski definition) is 2. The fourth-order valence-electron chi connectivity index (χ4n) is 2.21. The second-order valence-electron chi connectivity index (χ2n) is 5.56. The summed E-state index contributed by atoms with van der Waals surface area (Å²) < 4.78 is 27.4. The lowest BCUT2D eigenvalue weighted by atomic mass is 10.3. The molecule has 0 saturated heterocycles. The molecule has 0 aliphatic heterocycles. The maximum Gasteiger partial charge on any atom is 0.246 e. The second kappa shape index (κ2) is 7.91. The first-order valence-electron chi connectivity index (χ1n) is 7.61. The largest absolute Gasteiger partial charge is 0.309 e. The van der Waals surface area contributed by atoms with Crippen molar-refractivity contribution in [2.24, 2.45) is 0 Å². The Morgan fingerprint density at radius 3 is 2.29 bits per heavy atom. The van der Waals surface area contributed by atoms with E-state index in [2.05, 4.69) is 15.5 Å². The molecule has 0 spiro atoms. The molecule has 0 fully saturated rings. The van der Waals surface area contributed by atoms with Gasteiger partial charge in [-0.1, -0.05) is 27.7 Å². The number of rotatable bonds is 9.